The summed E-state index contributed by atoms with van der Waals surface area (Å²) in [5.41, 5.74) is 5.71. The standard InChI is InChI=1S/C11H14N6OS/c12-9-14-10(17-4-3-13-7-17)16-11(15-9)19-6-8-2-1-5-18-8/h3-4,7-8H,1-2,5-6H2,(H2,12,14,15,16). The van der Waals surface area contributed by atoms with Crippen LogP contribution in [0, 0.1) is 0 Å². The Morgan fingerprint density at radius 3 is 3.11 bits per heavy atom. The van der Waals surface area contributed by atoms with E-state index in [0.717, 1.165) is 25.2 Å². The van der Waals surface area contributed by atoms with Gasteiger partial charge in [-0.15, -0.1) is 0 Å². The van der Waals surface area contributed by atoms with Crippen LogP contribution >= 0.6 is 11.8 Å². The fourth-order valence-electron chi connectivity index (χ4n) is 1.86. The first-order valence-electron chi connectivity index (χ1n) is 6.05. The summed E-state index contributed by atoms with van der Waals surface area (Å²) in [7, 11) is 0. The summed E-state index contributed by atoms with van der Waals surface area (Å²) in [6, 6.07) is 0. The maximum absolute atomic E-state index is 5.71. The number of ether oxygens (including phenoxy) is 1. The van der Waals surface area contributed by atoms with Crippen molar-refractivity contribution in [2.75, 3.05) is 18.1 Å². The second kappa shape index (κ2) is 5.54. The van der Waals surface area contributed by atoms with E-state index in [9.17, 15) is 0 Å². The summed E-state index contributed by atoms with van der Waals surface area (Å²) in [5, 5.41) is 0.617. The second-order valence-electron chi connectivity index (χ2n) is 4.19. The molecular formula is C11H14N6OS. The van der Waals surface area contributed by atoms with Crippen LogP contribution in [0.4, 0.5) is 5.95 Å². The lowest BCUT2D eigenvalue weighted by molar-refractivity contribution is 0.129. The van der Waals surface area contributed by atoms with Gasteiger partial charge < -0.3 is 10.5 Å². The molecule has 1 atom stereocenters. The van der Waals surface area contributed by atoms with Gasteiger partial charge in [0.2, 0.25) is 11.9 Å². The van der Waals surface area contributed by atoms with Crippen molar-refractivity contribution in [1.29, 1.82) is 0 Å². The van der Waals surface area contributed by atoms with Crippen LogP contribution in [-0.2, 0) is 4.74 Å². The molecule has 0 spiro atoms. The maximum Gasteiger partial charge on any atom is 0.240 e. The molecule has 0 radical (unpaired) electrons. The summed E-state index contributed by atoms with van der Waals surface area (Å²) < 4.78 is 7.27. The second-order valence-corrected chi connectivity index (χ2v) is 5.18. The Labute approximate surface area is 114 Å². The summed E-state index contributed by atoms with van der Waals surface area (Å²) in [5.74, 6) is 1.54. The third kappa shape index (κ3) is 3.02. The van der Waals surface area contributed by atoms with E-state index >= 15 is 0 Å². The average molecular weight is 278 g/mol. The van der Waals surface area contributed by atoms with Gasteiger partial charge in [-0.3, -0.25) is 4.57 Å². The zero-order chi connectivity index (χ0) is 13.1. The Bertz CT molecular complexity index is 540. The van der Waals surface area contributed by atoms with Crippen molar-refractivity contribution in [1.82, 2.24) is 24.5 Å². The molecule has 2 N–H and O–H groups in total. The van der Waals surface area contributed by atoms with Crippen molar-refractivity contribution < 1.29 is 4.74 Å². The van der Waals surface area contributed by atoms with Gasteiger partial charge >= 0.3 is 0 Å². The molecule has 0 saturated carbocycles. The summed E-state index contributed by atoms with van der Waals surface area (Å²) in [6.45, 7) is 0.852. The summed E-state index contributed by atoms with van der Waals surface area (Å²) in [4.78, 5) is 16.6. The van der Waals surface area contributed by atoms with Crippen molar-refractivity contribution in [2.45, 2.75) is 24.1 Å². The minimum Gasteiger partial charge on any atom is -0.377 e. The molecule has 2 aromatic rings. The van der Waals surface area contributed by atoms with Crippen molar-refractivity contribution >= 4 is 17.7 Å². The Balaban J connectivity index is 1.74. The minimum absolute atomic E-state index is 0.216. The van der Waals surface area contributed by atoms with Crippen molar-refractivity contribution in [3.05, 3.63) is 18.7 Å². The third-order valence-corrected chi connectivity index (χ3v) is 3.76. The Morgan fingerprint density at radius 2 is 2.37 bits per heavy atom. The molecule has 100 valence electrons. The van der Waals surface area contributed by atoms with E-state index in [1.165, 1.54) is 0 Å². The molecule has 19 heavy (non-hydrogen) atoms. The Morgan fingerprint density at radius 1 is 1.42 bits per heavy atom. The topological polar surface area (TPSA) is 91.7 Å². The molecule has 0 aromatic carbocycles. The molecule has 2 aromatic heterocycles. The van der Waals surface area contributed by atoms with Crippen LogP contribution in [0.25, 0.3) is 5.95 Å². The molecule has 1 fully saturated rings. The van der Waals surface area contributed by atoms with Gasteiger partial charge in [-0.1, -0.05) is 11.8 Å². The van der Waals surface area contributed by atoms with Gasteiger partial charge in [-0.25, -0.2) is 4.98 Å². The predicted octanol–water partition coefficient (Wildman–Crippen LogP) is 0.911. The van der Waals surface area contributed by atoms with E-state index in [4.69, 9.17) is 10.5 Å². The number of hydrogen-bond donors (Lipinski definition) is 1. The summed E-state index contributed by atoms with van der Waals surface area (Å²) in [6.07, 6.45) is 7.58. The first-order chi connectivity index (χ1) is 9.31. The maximum atomic E-state index is 5.71. The highest BCUT2D eigenvalue weighted by molar-refractivity contribution is 7.99. The minimum atomic E-state index is 0.216. The highest BCUT2D eigenvalue weighted by atomic mass is 32.2. The molecule has 0 amide bonds. The predicted molar refractivity (Wildman–Crippen MR) is 71.1 cm³/mol. The average Bonchev–Trinajstić information content (AvgIpc) is 3.09. The molecular weight excluding hydrogens is 264 g/mol. The van der Waals surface area contributed by atoms with Crippen LogP contribution in [0.2, 0.25) is 0 Å². The number of aromatic nitrogens is 5. The molecule has 1 saturated heterocycles. The van der Waals surface area contributed by atoms with Gasteiger partial charge in [0, 0.05) is 24.8 Å². The van der Waals surface area contributed by atoms with Crippen LogP contribution in [0.5, 0.6) is 0 Å². The number of anilines is 1. The Kier molecular flexibility index (Phi) is 3.60. The SMILES string of the molecule is Nc1nc(SCC2CCCO2)nc(-n2ccnc2)n1. The van der Waals surface area contributed by atoms with E-state index < -0.39 is 0 Å². The molecule has 1 unspecified atom stereocenters. The summed E-state index contributed by atoms with van der Waals surface area (Å²) >= 11 is 1.54. The van der Waals surface area contributed by atoms with Crippen LogP contribution in [0.15, 0.2) is 23.9 Å². The van der Waals surface area contributed by atoms with E-state index in [-0.39, 0.29) is 5.95 Å². The van der Waals surface area contributed by atoms with Crippen molar-refractivity contribution in [3.63, 3.8) is 0 Å². The smallest absolute Gasteiger partial charge is 0.240 e. The largest absolute Gasteiger partial charge is 0.377 e. The van der Waals surface area contributed by atoms with Crippen LogP contribution in [0.1, 0.15) is 12.8 Å². The molecule has 1 aliphatic heterocycles. The van der Waals surface area contributed by atoms with E-state index in [2.05, 4.69) is 19.9 Å². The Hall–Kier alpha value is -1.67. The van der Waals surface area contributed by atoms with Gasteiger partial charge in [0.15, 0.2) is 5.16 Å². The van der Waals surface area contributed by atoms with Gasteiger partial charge in [0.25, 0.3) is 0 Å². The number of hydrogen-bond acceptors (Lipinski definition) is 7. The number of imidazole rings is 1. The van der Waals surface area contributed by atoms with Gasteiger partial charge in [-0.2, -0.15) is 15.0 Å². The fourth-order valence-corrected chi connectivity index (χ4v) is 2.76. The first kappa shape index (κ1) is 12.4. The molecule has 1 aliphatic rings. The zero-order valence-corrected chi connectivity index (χ0v) is 11.1. The number of nitrogens with two attached hydrogens (primary N) is 1. The highest BCUT2D eigenvalue weighted by Crippen LogP contribution is 2.21. The molecule has 8 heteroatoms. The van der Waals surface area contributed by atoms with E-state index in [1.54, 1.807) is 35.0 Å². The van der Waals surface area contributed by atoms with Crippen LogP contribution in [-0.4, -0.2) is 43.0 Å². The first-order valence-corrected chi connectivity index (χ1v) is 7.04. The lowest BCUT2D eigenvalue weighted by atomic mass is 10.3. The quantitative estimate of drug-likeness (QED) is 0.831. The van der Waals surface area contributed by atoms with Crippen LogP contribution in [0.3, 0.4) is 0 Å². The fraction of sp³-hybridized carbons (Fsp3) is 0.455. The van der Waals surface area contributed by atoms with Crippen LogP contribution < -0.4 is 5.73 Å². The highest BCUT2D eigenvalue weighted by Gasteiger charge is 2.17. The van der Waals surface area contributed by atoms with E-state index in [0.29, 0.717) is 17.2 Å². The third-order valence-electron chi connectivity index (χ3n) is 2.78. The molecule has 0 bridgehead atoms. The van der Waals surface area contributed by atoms with Gasteiger partial charge in [-0.05, 0) is 12.8 Å². The lowest BCUT2D eigenvalue weighted by Gasteiger charge is -2.08. The molecule has 3 rings (SSSR count). The monoisotopic (exact) mass is 278 g/mol. The van der Waals surface area contributed by atoms with E-state index in [1.807, 2.05) is 0 Å². The zero-order valence-electron chi connectivity index (χ0n) is 10.3. The normalized spacial score (nSPS) is 18.8. The number of nitrogen functional groups attached to an aromatic ring is 1. The molecule has 3 heterocycles. The van der Waals surface area contributed by atoms with Crippen molar-refractivity contribution in [2.24, 2.45) is 0 Å². The van der Waals surface area contributed by atoms with Gasteiger partial charge in [0.05, 0.1) is 6.10 Å². The number of thioether (sulfide) groups is 1. The number of nitrogens with zero attached hydrogens (tertiary/aromatic N) is 5. The molecule has 0 aliphatic carbocycles. The van der Waals surface area contributed by atoms with Gasteiger partial charge in [0.1, 0.15) is 6.33 Å². The number of rotatable bonds is 4. The lowest BCUT2D eigenvalue weighted by Crippen LogP contribution is -2.10. The van der Waals surface area contributed by atoms with Crippen molar-refractivity contribution in [3.8, 4) is 5.95 Å². The molecule has 7 nitrogen and oxygen atoms in total.